The largest absolute Gasteiger partial charge is 0.328 e. The molecule has 5 rings (SSSR count). The van der Waals surface area contributed by atoms with E-state index in [1.807, 2.05) is 37.1 Å². The van der Waals surface area contributed by atoms with E-state index in [9.17, 15) is 0 Å². The summed E-state index contributed by atoms with van der Waals surface area (Å²) < 4.78 is 2.25. The van der Waals surface area contributed by atoms with Gasteiger partial charge in [-0.3, -0.25) is 19.9 Å². The van der Waals surface area contributed by atoms with E-state index in [0.29, 0.717) is 12.0 Å². The summed E-state index contributed by atoms with van der Waals surface area (Å²) in [6.45, 7) is 7.51. The third-order valence-corrected chi connectivity index (χ3v) is 6.21. The van der Waals surface area contributed by atoms with Crippen LogP contribution in [-0.4, -0.2) is 42.5 Å². The number of pyridine rings is 3. The van der Waals surface area contributed by atoms with Crippen molar-refractivity contribution < 1.29 is 0 Å². The smallest absolute Gasteiger partial charge is 0.115 e. The molecule has 1 fully saturated rings. The van der Waals surface area contributed by atoms with Crippen molar-refractivity contribution in [2.75, 3.05) is 13.1 Å². The first-order valence-corrected chi connectivity index (χ1v) is 11.1. The first kappa shape index (κ1) is 19.8. The predicted molar refractivity (Wildman–Crippen MR) is 123 cm³/mol. The van der Waals surface area contributed by atoms with Crippen molar-refractivity contribution in [2.45, 2.75) is 45.2 Å². The van der Waals surface area contributed by atoms with Gasteiger partial charge >= 0.3 is 0 Å². The van der Waals surface area contributed by atoms with Crippen LogP contribution in [0.1, 0.15) is 49.9 Å². The van der Waals surface area contributed by atoms with Gasteiger partial charge in [-0.15, -0.1) is 0 Å². The minimum Gasteiger partial charge on any atom is -0.328 e. The molecule has 158 valence electrons. The van der Waals surface area contributed by atoms with Gasteiger partial charge in [-0.05, 0) is 69.6 Å². The fourth-order valence-corrected chi connectivity index (χ4v) is 4.51. The van der Waals surface area contributed by atoms with E-state index in [1.165, 1.54) is 11.3 Å². The minimum absolute atomic E-state index is 0.350. The van der Waals surface area contributed by atoms with Crippen LogP contribution in [0.4, 0.5) is 0 Å². The first-order valence-electron chi connectivity index (χ1n) is 11.1. The Labute approximate surface area is 183 Å². The molecule has 0 saturated carbocycles. The van der Waals surface area contributed by atoms with E-state index in [4.69, 9.17) is 9.97 Å². The van der Waals surface area contributed by atoms with Gasteiger partial charge < -0.3 is 4.57 Å². The molecule has 0 spiro atoms. The lowest BCUT2D eigenvalue weighted by Crippen LogP contribution is -2.32. The molecule has 0 aliphatic carbocycles. The van der Waals surface area contributed by atoms with Crippen LogP contribution in [0.15, 0.2) is 61.4 Å². The molecule has 0 N–H and O–H groups in total. The van der Waals surface area contributed by atoms with E-state index in [-0.39, 0.29) is 0 Å². The monoisotopic (exact) mass is 412 g/mol. The summed E-state index contributed by atoms with van der Waals surface area (Å²) in [7, 11) is 0. The van der Waals surface area contributed by atoms with Crippen LogP contribution in [0.2, 0.25) is 0 Å². The number of fused-ring (bicyclic) bond motifs is 1. The molecule has 6 heteroatoms. The summed E-state index contributed by atoms with van der Waals surface area (Å²) in [5.74, 6) is 0.459. The lowest BCUT2D eigenvalue weighted by atomic mass is 9.92. The fraction of sp³-hybridized carbons (Fsp3) is 0.360. The van der Waals surface area contributed by atoms with E-state index in [1.54, 1.807) is 6.20 Å². The lowest BCUT2D eigenvalue weighted by molar-refractivity contribution is 0.203. The van der Waals surface area contributed by atoms with Gasteiger partial charge in [-0.25, -0.2) is 4.98 Å². The van der Waals surface area contributed by atoms with Crippen molar-refractivity contribution >= 4 is 11.0 Å². The molecule has 0 aromatic carbocycles. The zero-order valence-corrected chi connectivity index (χ0v) is 18.1. The van der Waals surface area contributed by atoms with Crippen LogP contribution in [0, 0.1) is 0 Å². The average Bonchev–Trinajstić information content (AvgIpc) is 3.25. The number of hydrogen-bond donors (Lipinski definition) is 0. The Morgan fingerprint density at radius 3 is 2.48 bits per heavy atom. The Hall–Kier alpha value is -3.12. The summed E-state index contributed by atoms with van der Waals surface area (Å²) in [5.41, 5.74) is 6.54. The molecule has 5 heterocycles. The highest BCUT2D eigenvalue weighted by Crippen LogP contribution is 2.34. The van der Waals surface area contributed by atoms with Gasteiger partial charge in [0.1, 0.15) is 5.52 Å². The standard InChI is InChI=1S/C25H28N6/c1-18(2)31-17-28-25-23(31)13-22(29-24(25)21-6-4-10-27-15-21)20-7-11-30(12-8-20)16-19-5-3-9-26-14-19/h3-6,9-10,13-15,17-18,20H,7-8,11-12,16H2,1-2H3. The maximum atomic E-state index is 5.13. The zero-order valence-electron chi connectivity index (χ0n) is 18.1. The number of aromatic nitrogens is 5. The van der Waals surface area contributed by atoms with E-state index in [0.717, 1.165) is 54.8 Å². The summed E-state index contributed by atoms with van der Waals surface area (Å²) in [6.07, 6.45) is 11.7. The topological polar surface area (TPSA) is 59.7 Å². The molecule has 1 aliphatic rings. The Bertz CT molecular complexity index is 1140. The second-order valence-corrected chi connectivity index (χ2v) is 8.66. The van der Waals surface area contributed by atoms with Crippen molar-refractivity contribution in [3.05, 3.63) is 72.7 Å². The predicted octanol–water partition coefficient (Wildman–Crippen LogP) is 4.85. The van der Waals surface area contributed by atoms with Crippen molar-refractivity contribution in [1.29, 1.82) is 0 Å². The van der Waals surface area contributed by atoms with Crippen molar-refractivity contribution in [3.8, 4) is 11.3 Å². The summed E-state index contributed by atoms with van der Waals surface area (Å²) >= 11 is 0. The number of likely N-dealkylation sites (tertiary alicyclic amines) is 1. The third kappa shape index (κ3) is 4.08. The maximum Gasteiger partial charge on any atom is 0.115 e. The summed E-state index contributed by atoms with van der Waals surface area (Å²) in [5, 5.41) is 0. The van der Waals surface area contributed by atoms with Gasteiger partial charge in [0.15, 0.2) is 0 Å². The quantitative estimate of drug-likeness (QED) is 0.469. The molecule has 6 nitrogen and oxygen atoms in total. The van der Waals surface area contributed by atoms with Crippen LogP contribution >= 0.6 is 0 Å². The number of piperidine rings is 1. The van der Waals surface area contributed by atoms with Crippen molar-refractivity contribution in [3.63, 3.8) is 0 Å². The molecule has 31 heavy (non-hydrogen) atoms. The SMILES string of the molecule is CC(C)n1cnc2c(-c3cccnc3)nc(C3CCN(Cc4cccnc4)CC3)cc21. The molecule has 4 aromatic rings. The number of imidazole rings is 1. The molecule has 0 atom stereocenters. The molecule has 0 unspecified atom stereocenters. The van der Waals surface area contributed by atoms with Crippen LogP contribution < -0.4 is 0 Å². The Balaban J connectivity index is 1.44. The molecular formula is C25H28N6. The zero-order chi connectivity index (χ0) is 21.2. The fourth-order valence-electron chi connectivity index (χ4n) is 4.51. The van der Waals surface area contributed by atoms with Gasteiger partial charge in [0.05, 0.1) is 17.5 Å². The highest BCUT2D eigenvalue weighted by molar-refractivity contribution is 5.90. The molecule has 1 saturated heterocycles. The molecule has 0 bridgehead atoms. The Morgan fingerprint density at radius 2 is 1.81 bits per heavy atom. The lowest BCUT2D eigenvalue weighted by Gasteiger charge is -2.32. The highest BCUT2D eigenvalue weighted by Gasteiger charge is 2.24. The second-order valence-electron chi connectivity index (χ2n) is 8.66. The van der Waals surface area contributed by atoms with Crippen LogP contribution in [-0.2, 0) is 6.54 Å². The van der Waals surface area contributed by atoms with Gasteiger partial charge in [0.2, 0.25) is 0 Å². The maximum absolute atomic E-state index is 5.13. The van der Waals surface area contributed by atoms with Crippen LogP contribution in [0.5, 0.6) is 0 Å². The third-order valence-electron chi connectivity index (χ3n) is 6.21. The number of hydrogen-bond acceptors (Lipinski definition) is 5. The Kier molecular flexibility index (Phi) is 5.47. The van der Waals surface area contributed by atoms with Gasteiger partial charge in [0.25, 0.3) is 0 Å². The first-order chi connectivity index (χ1) is 15.2. The van der Waals surface area contributed by atoms with E-state index < -0.39 is 0 Å². The number of nitrogens with zero attached hydrogens (tertiary/aromatic N) is 6. The Morgan fingerprint density at radius 1 is 1.03 bits per heavy atom. The average molecular weight is 413 g/mol. The van der Waals surface area contributed by atoms with Gasteiger partial charge in [0, 0.05) is 54.5 Å². The molecular weight excluding hydrogens is 384 g/mol. The molecule has 4 aromatic heterocycles. The normalized spacial score (nSPS) is 15.7. The number of rotatable bonds is 5. The molecule has 1 aliphatic heterocycles. The summed E-state index contributed by atoms with van der Waals surface area (Å²) in [6, 6.07) is 10.8. The summed E-state index contributed by atoms with van der Waals surface area (Å²) in [4.78, 5) is 20.9. The van der Waals surface area contributed by atoms with E-state index in [2.05, 4.69) is 51.5 Å². The van der Waals surface area contributed by atoms with Crippen molar-refractivity contribution in [2.24, 2.45) is 0 Å². The van der Waals surface area contributed by atoms with Crippen LogP contribution in [0.3, 0.4) is 0 Å². The second kappa shape index (κ2) is 8.55. The van der Waals surface area contributed by atoms with Crippen LogP contribution in [0.25, 0.3) is 22.3 Å². The minimum atomic E-state index is 0.350. The highest BCUT2D eigenvalue weighted by atomic mass is 15.1. The van der Waals surface area contributed by atoms with Gasteiger partial charge in [-0.1, -0.05) is 6.07 Å². The molecule has 0 radical (unpaired) electrons. The van der Waals surface area contributed by atoms with Gasteiger partial charge in [-0.2, -0.15) is 0 Å². The van der Waals surface area contributed by atoms with Crippen molar-refractivity contribution in [1.82, 2.24) is 29.4 Å². The molecule has 0 amide bonds. The van der Waals surface area contributed by atoms with E-state index >= 15 is 0 Å².